The molecule has 1 aromatic carbocycles. The molecule has 3 heterocycles. The molecule has 2 amide bonds. The molecule has 2 atom stereocenters. The standard InChI is InChI=1S/C23H26F2N4O4/c1-12-7-17(24)15(18(25)8-12)9-26-22(32)16-10-28-19(21(31)20(16)30)23(33)27-11-29(28)14(3)6-4-5-13(27)2/h7-8,10,13-14,31H,4-6,9,11H2,1-3H3,(H,26,32)/t13-,14+/m0/s1. The Hall–Kier alpha value is -3.43. The molecule has 1 saturated heterocycles. The van der Waals surface area contributed by atoms with Crippen LogP contribution in [0.3, 0.4) is 0 Å². The maximum absolute atomic E-state index is 14.1. The predicted molar refractivity (Wildman–Crippen MR) is 117 cm³/mol. The molecule has 0 unspecified atom stereocenters. The number of aryl methyl sites for hydroxylation is 1. The van der Waals surface area contributed by atoms with Crippen LogP contribution in [0.5, 0.6) is 5.75 Å². The third-order valence-electron chi connectivity index (χ3n) is 6.44. The first kappa shape index (κ1) is 22.8. The fourth-order valence-electron chi connectivity index (χ4n) is 4.44. The quantitative estimate of drug-likeness (QED) is 0.734. The Morgan fingerprint density at radius 3 is 2.45 bits per heavy atom. The molecule has 0 radical (unpaired) electrons. The van der Waals surface area contributed by atoms with Crippen LogP contribution in [0.4, 0.5) is 8.78 Å². The van der Waals surface area contributed by atoms with Gasteiger partial charge in [0.2, 0.25) is 5.43 Å². The molecular weight excluding hydrogens is 434 g/mol. The molecule has 1 aromatic heterocycles. The maximum atomic E-state index is 14.1. The summed E-state index contributed by atoms with van der Waals surface area (Å²) in [5.74, 6) is -3.85. The second kappa shape index (κ2) is 8.49. The van der Waals surface area contributed by atoms with Gasteiger partial charge in [-0.3, -0.25) is 24.1 Å². The van der Waals surface area contributed by atoms with Gasteiger partial charge in [-0.1, -0.05) is 0 Å². The molecule has 0 spiro atoms. The number of nitrogens with one attached hydrogen (secondary N) is 1. The van der Waals surface area contributed by atoms with Crippen LogP contribution in [0.15, 0.2) is 23.1 Å². The van der Waals surface area contributed by atoms with Gasteiger partial charge in [0, 0.05) is 30.4 Å². The normalized spacial score (nSPS) is 20.2. The number of halogens is 2. The highest BCUT2D eigenvalue weighted by molar-refractivity contribution is 5.99. The highest BCUT2D eigenvalue weighted by Gasteiger charge is 2.38. The number of fused-ring (bicyclic) bond motifs is 4. The summed E-state index contributed by atoms with van der Waals surface area (Å²) in [5.41, 5.74) is -1.58. The van der Waals surface area contributed by atoms with Crippen LogP contribution in [-0.4, -0.2) is 45.2 Å². The molecule has 2 aliphatic rings. The van der Waals surface area contributed by atoms with E-state index in [4.69, 9.17) is 0 Å². The molecule has 0 aliphatic carbocycles. The number of hydrogen-bond acceptors (Lipinski definition) is 5. The third-order valence-corrected chi connectivity index (χ3v) is 6.44. The van der Waals surface area contributed by atoms with Crippen LogP contribution in [0, 0.1) is 18.6 Å². The number of aromatic hydroxyl groups is 1. The lowest BCUT2D eigenvalue weighted by Gasteiger charge is -2.46. The van der Waals surface area contributed by atoms with Crippen LogP contribution < -0.4 is 15.8 Å². The summed E-state index contributed by atoms with van der Waals surface area (Å²) < 4.78 is 29.6. The van der Waals surface area contributed by atoms with Gasteiger partial charge in [0.1, 0.15) is 23.9 Å². The van der Waals surface area contributed by atoms with Crippen molar-refractivity contribution in [1.82, 2.24) is 14.9 Å². The van der Waals surface area contributed by atoms with Crippen LogP contribution in [0.2, 0.25) is 0 Å². The van der Waals surface area contributed by atoms with Crippen molar-refractivity contribution in [3.8, 4) is 5.75 Å². The minimum Gasteiger partial charge on any atom is -0.502 e. The third kappa shape index (κ3) is 3.94. The van der Waals surface area contributed by atoms with E-state index in [9.17, 15) is 28.3 Å². The highest BCUT2D eigenvalue weighted by atomic mass is 19.1. The summed E-state index contributed by atoms with van der Waals surface area (Å²) in [6.07, 6.45) is 3.74. The van der Waals surface area contributed by atoms with Crippen LogP contribution in [-0.2, 0) is 6.54 Å². The Labute approximate surface area is 189 Å². The van der Waals surface area contributed by atoms with Gasteiger partial charge in [0.05, 0.1) is 0 Å². The minimum atomic E-state index is -1.02. The molecule has 2 bridgehead atoms. The average Bonchev–Trinajstić information content (AvgIpc) is 2.74. The predicted octanol–water partition coefficient (Wildman–Crippen LogP) is 2.38. The topological polar surface area (TPSA) is 94.9 Å². The summed E-state index contributed by atoms with van der Waals surface area (Å²) >= 11 is 0. The van der Waals surface area contributed by atoms with Gasteiger partial charge in [-0.2, -0.15) is 0 Å². The van der Waals surface area contributed by atoms with E-state index in [0.29, 0.717) is 5.56 Å². The lowest BCUT2D eigenvalue weighted by Crippen LogP contribution is -2.60. The second-order valence-electron chi connectivity index (χ2n) is 8.79. The van der Waals surface area contributed by atoms with Crippen molar-refractivity contribution in [3.05, 3.63) is 62.6 Å². The van der Waals surface area contributed by atoms with Crippen molar-refractivity contribution in [2.75, 3.05) is 11.7 Å². The Balaban J connectivity index is 1.71. The Morgan fingerprint density at radius 2 is 1.79 bits per heavy atom. The van der Waals surface area contributed by atoms with Crippen molar-refractivity contribution < 1.29 is 23.5 Å². The van der Waals surface area contributed by atoms with E-state index in [2.05, 4.69) is 5.32 Å². The largest absolute Gasteiger partial charge is 0.502 e. The fraction of sp³-hybridized carbons (Fsp3) is 0.435. The number of benzene rings is 1. The maximum Gasteiger partial charge on any atom is 0.278 e. The van der Waals surface area contributed by atoms with Gasteiger partial charge in [0.15, 0.2) is 11.4 Å². The second-order valence-corrected chi connectivity index (χ2v) is 8.79. The Bertz CT molecular complexity index is 1170. The summed E-state index contributed by atoms with van der Waals surface area (Å²) in [6, 6.07) is 2.19. The Kier molecular flexibility index (Phi) is 5.85. The number of rotatable bonds is 3. The number of nitrogens with zero attached hydrogens (tertiary/aromatic N) is 3. The fourth-order valence-corrected chi connectivity index (χ4v) is 4.44. The van der Waals surface area contributed by atoms with E-state index in [1.807, 2.05) is 18.9 Å². The lowest BCUT2D eigenvalue weighted by molar-refractivity contribution is 0.0565. The number of carbonyl (C=O) groups is 2. The summed E-state index contributed by atoms with van der Waals surface area (Å²) in [7, 11) is 0. The molecule has 2 aliphatic heterocycles. The first-order valence-corrected chi connectivity index (χ1v) is 10.9. The van der Waals surface area contributed by atoms with Crippen molar-refractivity contribution in [3.63, 3.8) is 0 Å². The van der Waals surface area contributed by atoms with Crippen LogP contribution in [0.1, 0.15) is 65.1 Å². The van der Waals surface area contributed by atoms with Gasteiger partial charge in [0.25, 0.3) is 11.8 Å². The summed E-state index contributed by atoms with van der Waals surface area (Å²) in [6.45, 7) is 5.19. The highest BCUT2D eigenvalue weighted by Crippen LogP contribution is 2.28. The average molecular weight is 460 g/mol. The molecule has 2 N–H and O–H groups in total. The van der Waals surface area contributed by atoms with Crippen molar-refractivity contribution in [1.29, 1.82) is 0 Å². The molecule has 176 valence electrons. The summed E-state index contributed by atoms with van der Waals surface area (Å²) in [4.78, 5) is 40.3. The zero-order valence-corrected chi connectivity index (χ0v) is 18.7. The van der Waals surface area contributed by atoms with Gasteiger partial charge in [-0.15, -0.1) is 0 Å². The van der Waals surface area contributed by atoms with Crippen LogP contribution in [0.25, 0.3) is 0 Å². The van der Waals surface area contributed by atoms with E-state index in [1.54, 1.807) is 11.8 Å². The lowest BCUT2D eigenvalue weighted by atomic mass is 10.0. The zero-order valence-electron chi connectivity index (χ0n) is 18.7. The van der Waals surface area contributed by atoms with Gasteiger partial charge in [-0.05, 0) is 57.7 Å². The molecule has 33 heavy (non-hydrogen) atoms. The number of hydrogen-bond donors (Lipinski definition) is 2. The van der Waals surface area contributed by atoms with E-state index in [1.165, 1.54) is 10.9 Å². The molecule has 2 aromatic rings. The number of pyridine rings is 1. The zero-order chi connectivity index (χ0) is 24.0. The number of amides is 2. The van der Waals surface area contributed by atoms with E-state index in [-0.39, 0.29) is 30.0 Å². The van der Waals surface area contributed by atoms with Crippen molar-refractivity contribution >= 4 is 11.8 Å². The first-order chi connectivity index (χ1) is 15.6. The molecule has 4 rings (SSSR count). The number of aromatic nitrogens is 1. The molecule has 0 saturated carbocycles. The summed E-state index contributed by atoms with van der Waals surface area (Å²) in [5, 5.41) is 14.8. The monoisotopic (exact) mass is 460 g/mol. The van der Waals surface area contributed by atoms with Gasteiger partial charge < -0.3 is 15.3 Å². The SMILES string of the molecule is Cc1cc(F)c(CNC(=O)c2cn3c(c(O)c2=O)C(=O)N2CN3[C@H](C)CCC[C@@H]2C)c(F)c1. The smallest absolute Gasteiger partial charge is 0.278 e. The number of carbonyl (C=O) groups excluding carboxylic acids is 2. The van der Waals surface area contributed by atoms with Crippen molar-refractivity contribution in [2.24, 2.45) is 0 Å². The van der Waals surface area contributed by atoms with Gasteiger partial charge >= 0.3 is 0 Å². The molecule has 1 fully saturated rings. The van der Waals surface area contributed by atoms with E-state index >= 15 is 0 Å². The van der Waals surface area contributed by atoms with Gasteiger partial charge in [-0.25, -0.2) is 8.78 Å². The first-order valence-electron chi connectivity index (χ1n) is 10.9. The van der Waals surface area contributed by atoms with E-state index in [0.717, 1.165) is 31.4 Å². The van der Waals surface area contributed by atoms with Crippen LogP contribution >= 0.6 is 0 Å². The molecule has 8 nitrogen and oxygen atoms in total. The Morgan fingerprint density at radius 1 is 1.15 bits per heavy atom. The molecule has 10 heteroatoms. The van der Waals surface area contributed by atoms with Crippen molar-refractivity contribution in [2.45, 2.75) is 58.7 Å². The van der Waals surface area contributed by atoms with E-state index < -0.39 is 46.7 Å². The minimum absolute atomic E-state index is 0.0274. The molecular formula is C23H26F2N4O4.